The van der Waals surface area contributed by atoms with Crippen molar-refractivity contribution < 1.29 is 9.13 Å². The van der Waals surface area contributed by atoms with Crippen LogP contribution in [0, 0.1) is 19.7 Å². The zero-order valence-corrected chi connectivity index (χ0v) is 11.4. The summed E-state index contributed by atoms with van der Waals surface area (Å²) in [5, 5.41) is 3.39. The molecule has 0 spiro atoms. The molecule has 0 saturated carbocycles. The number of benzene rings is 1. The first kappa shape index (κ1) is 13.5. The van der Waals surface area contributed by atoms with Crippen LogP contribution in [0.25, 0.3) is 0 Å². The molecule has 2 nitrogen and oxygen atoms in total. The summed E-state index contributed by atoms with van der Waals surface area (Å²) in [4.78, 5) is 0. The van der Waals surface area contributed by atoms with Crippen LogP contribution in [0.1, 0.15) is 36.5 Å². The van der Waals surface area contributed by atoms with Gasteiger partial charge < -0.3 is 10.1 Å². The molecule has 1 saturated heterocycles. The quantitative estimate of drug-likeness (QED) is 0.888. The van der Waals surface area contributed by atoms with Crippen molar-refractivity contribution in [3.8, 4) is 0 Å². The summed E-state index contributed by atoms with van der Waals surface area (Å²) in [7, 11) is 0. The van der Waals surface area contributed by atoms with Gasteiger partial charge in [0.05, 0.1) is 12.2 Å². The normalized spacial score (nSPS) is 23.6. The third-order valence-corrected chi connectivity index (χ3v) is 3.52. The van der Waals surface area contributed by atoms with E-state index in [1.54, 1.807) is 0 Å². The molecule has 0 radical (unpaired) electrons. The number of hydrogen-bond donors (Lipinski definition) is 1. The number of ether oxygens (including phenoxy) is 1. The molecule has 1 fully saturated rings. The highest BCUT2D eigenvalue weighted by Crippen LogP contribution is 2.18. The van der Waals surface area contributed by atoms with E-state index in [0.29, 0.717) is 12.2 Å². The second kappa shape index (κ2) is 5.81. The monoisotopic (exact) mass is 251 g/mol. The number of aryl methyl sites for hydroxylation is 2. The maximum Gasteiger partial charge on any atom is 0.129 e. The van der Waals surface area contributed by atoms with Gasteiger partial charge in [-0.1, -0.05) is 12.1 Å². The molecule has 2 atom stereocenters. The van der Waals surface area contributed by atoms with Crippen LogP contribution in [-0.2, 0) is 11.3 Å². The lowest BCUT2D eigenvalue weighted by Gasteiger charge is -2.13. The fraction of sp³-hybridized carbons (Fsp3) is 0.600. The third-order valence-electron chi connectivity index (χ3n) is 3.52. The van der Waals surface area contributed by atoms with E-state index in [4.69, 9.17) is 4.74 Å². The van der Waals surface area contributed by atoms with Crippen molar-refractivity contribution in [1.82, 2.24) is 5.32 Å². The minimum atomic E-state index is -0.0910. The third kappa shape index (κ3) is 3.30. The van der Waals surface area contributed by atoms with Gasteiger partial charge in [0.1, 0.15) is 5.82 Å². The van der Waals surface area contributed by atoms with Crippen molar-refractivity contribution in [2.45, 2.75) is 52.4 Å². The Morgan fingerprint density at radius 1 is 1.28 bits per heavy atom. The molecule has 3 heteroatoms. The van der Waals surface area contributed by atoms with Gasteiger partial charge >= 0.3 is 0 Å². The van der Waals surface area contributed by atoms with Crippen molar-refractivity contribution in [2.24, 2.45) is 0 Å². The summed E-state index contributed by atoms with van der Waals surface area (Å²) < 4.78 is 19.2. The minimum Gasteiger partial charge on any atom is -0.374 e. The van der Waals surface area contributed by atoms with Crippen molar-refractivity contribution >= 4 is 0 Å². The van der Waals surface area contributed by atoms with E-state index in [1.165, 1.54) is 0 Å². The molecule has 1 aromatic rings. The summed E-state index contributed by atoms with van der Waals surface area (Å²) in [6, 6.07) is 3.82. The van der Waals surface area contributed by atoms with Crippen LogP contribution in [0.2, 0.25) is 0 Å². The first-order valence-corrected chi connectivity index (χ1v) is 6.68. The topological polar surface area (TPSA) is 21.3 Å². The van der Waals surface area contributed by atoms with Crippen molar-refractivity contribution in [3.05, 3.63) is 34.6 Å². The fourth-order valence-corrected chi connectivity index (χ4v) is 2.55. The Hall–Kier alpha value is -0.930. The Morgan fingerprint density at radius 3 is 2.50 bits per heavy atom. The standard InChI is InChI=1S/C15H22FNO/c1-10-6-13(7-11(2)15(10)16)8-17-9-14-5-4-12(3)18-14/h6-7,12,14,17H,4-5,8-9H2,1-3H3. The van der Waals surface area contributed by atoms with Crippen LogP contribution < -0.4 is 5.32 Å². The SMILES string of the molecule is Cc1cc(CNCC2CCC(C)O2)cc(C)c1F. The second-order valence-electron chi connectivity index (χ2n) is 5.32. The summed E-state index contributed by atoms with van der Waals surface area (Å²) in [5.41, 5.74) is 2.58. The summed E-state index contributed by atoms with van der Waals surface area (Å²) in [6.45, 7) is 7.39. The zero-order chi connectivity index (χ0) is 13.1. The molecule has 1 aromatic carbocycles. The van der Waals surface area contributed by atoms with E-state index >= 15 is 0 Å². The van der Waals surface area contributed by atoms with Crippen molar-refractivity contribution in [2.75, 3.05) is 6.54 Å². The predicted octanol–water partition coefficient (Wildman–Crippen LogP) is 3.10. The van der Waals surface area contributed by atoms with Crippen LogP contribution in [0.15, 0.2) is 12.1 Å². The van der Waals surface area contributed by atoms with Gasteiger partial charge in [-0.15, -0.1) is 0 Å². The average Bonchev–Trinajstić information content (AvgIpc) is 2.72. The van der Waals surface area contributed by atoms with E-state index in [9.17, 15) is 4.39 Å². The van der Waals surface area contributed by atoms with Gasteiger partial charge in [-0.25, -0.2) is 4.39 Å². The molecule has 1 aliphatic heterocycles. The average molecular weight is 251 g/mol. The largest absolute Gasteiger partial charge is 0.374 e. The predicted molar refractivity (Wildman–Crippen MR) is 71.1 cm³/mol. The molecular formula is C15H22FNO. The van der Waals surface area contributed by atoms with Gasteiger partial charge in [0.25, 0.3) is 0 Å². The van der Waals surface area contributed by atoms with Gasteiger partial charge in [0.15, 0.2) is 0 Å². The number of nitrogens with one attached hydrogen (secondary N) is 1. The second-order valence-corrected chi connectivity index (χ2v) is 5.32. The number of rotatable bonds is 4. The maximum absolute atomic E-state index is 13.5. The van der Waals surface area contributed by atoms with Crippen LogP contribution in [-0.4, -0.2) is 18.8 Å². The lowest BCUT2D eigenvalue weighted by Crippen LogP contribution is -2.26. The Labute approximate surface area is 109 Å². The van der Waals surface area contributed by atoms with Crippen LogP contribution in [0.5, 0.6) is 0 Å². The first-order chi connectivity index (χ1) is 8.56. The summed E-state index contributed by atoms with van der Waals surface area (Å²) in [6.07, 6.45) is 3.02. The van der Waals surface area contributed by atoms with Crippen molar-refractivity contribution in [3.63, 3.8) is 0 Å². The van der Waals surface area contributed by atoms with E-state index < -0.39 is 0 Å². The van der Waals surface area contributed by atoms with Gasteiger partial charge in [-0.2, -0.15) is 0 Å². The molecule has 2 rings (SSSR count). The van der Waals surface area contributed by atoms with E-state index in [1.807, 2.05) is 26.0 Å². The highest BCUT2D eigenvalue weighted by molar-refractivity contribution is 5.30. The Morgan fingerprint density at radius 2 is 1.94 bits per heavy atom. The first-order valence-electron chi connectivity index (χ1n) is 6.68. The van der Waals surface area contributed by atoms with E-state index in [2.05, 4.69) is 12.2 Å². The smallest absolute Gasteiger partial charge is 0.129 e. The molecule has 1 N–H and O–H groups in total. The van der Waals surface area contributed by atoms with E-state index in [-0.39, 0.29) is 5.82 Å². The molecule has 0 bridgehead atoms. The Balaban J connectivity index is 1.83. The summed E-state index contributed by atoms with van der Waals surface area (Å²) >= 11 is 0. The summed E-state index contributed by atoms with van der Waals surface area (Å²) in [5.74, 6) is -0.0910. The fourth-order valence-electron chi connectivity index (χ4n) is 2.55. The van der Waals surface area contributed by atoms with Gasteiger partial charge in [0.2, 0.25) is 0 Å². The van der Waals surface area contributed by atoms with Crippen LogP contribution >= 0.6 is 0 Å². The molecular weight excluding hydrogens is 229 g/mol. The lowest BCUT2D eigenvalue weighted by molar-refractivity contribution is 0.0559. The van der Waals surface area contributed by atoms with Crippen LogP contribution in [0.3, 0.4) is 0 Å². The maximum atomic E-state index is 13.5. The molecule has 0 aromatic heterocycles. The molecule has 2 unspecified atom stereocenters. The highest BCUT2D eigenvalue weighted by Gasteiger charge is 2.20. The van der Waals surface area contributed by atoms with Gasteiger partial charge in [0, 0.05) is 13.1 Å². The Bertz CT molecular complexity index is 396. The molecule has 18 heavy (non-hydrogen) atoms. The molecule has 1 aliphatic rings. The number of hydrogen-bond acceptors (Lipinski definition) is 2. The van der Waals surface area contributed by atoms with Gasteiger partial charge in [-0.3, -0.25) is 0 Å². The zero-order valence-electron chi connectivity index (χ0n) is 11.4. The van der Waals surface area contributed by atoms with Crippen LogP contribution in [0.4, 0.5) is 4.39 Å². The highest BCUT2D eigenvalue weighted by atomic mass is 19.1. The van der Waals surface area contributed by atoms with E-state index in [0.717, 1.165) is 42.6 Å². The Kier molecular flexibility index (Phi) is 4.36. The molecule has 0 aliphatic carbocycles. The molecule has 1 heterocycles. The molecule has 0 amide bonds. The van der Waals surface area contributed by atoms with Gasteiger partial charge in [-0.05, 0) is 50.3 Å². The van der Waals surface area contributed by atoms with Crippen molar-refractivity contribution in [1.29, 1.82) is 0 Å². The number of halogens is 1. The lowest BCUT2D eigenvalue weighted by atomic mass is 10.1. The molecule has 100 valence electrons. The minimum absolute atomic E-state index is 0.0910.